The molecule has 1 aliphatic rings. The van der Waals surface area contributed by atoms with Crippen LogP contribution in [0.5, 0.6) is 0 Å². The summed E-state index contributed by atoms with van der Waals surface area (Å²) >= 11 is 15.4. The molecule has 6 nitrogen and oxygen atoms in total. The van der Waals surface area contributed by atoms with Crippen molar-refractivity contribution in [3.8, 4) is 0 Å². The van der Waals surface area contributed by atoms with E-state index in [4.69, 9.17) is 28.0 Å². The fourth-order valence-electron chi connectivity index (χ4n) is 2.92. The van der Waals surface area contributed by atoms with Crippen LogP contribution in [0.4, 0.5) is 5.69 Å². The number of nitrogens with zero attached hydrogens (tertiary/aromatic N) is 3. The average molecular weight is 494 g/mol. The summed E-state index contributed by atoms with van der Waals surface area (Å²) in [6, 6.07) is 13.1. The number of carbonyl (C=O) groups is 1. The average Bonchev–Trinajstić information content (AvgIpc) is 3.35. The highest BCUT2D eigenvalue weighted by Gasteiger charge is 2.29. The minimum atomic E-state index is -0.678. The topological polar surface area (TPSA) is 68.5 Å². The zero-order valence-corrected chi connectivity index (χ0v) is 18.1. The molecule has 0 radical (unpaired) electrons. The van der Waals surface area contributed by atoms with Crippen LogP contribution in [-0.2, 0) is 16.2 Å². The highest BCUT2D eigenvalue weighted by atomic mass is 79.9. The second-order valence-electron chi connectivity index (χ2n) is 6.51. The van der Waals surface area contributed by atoms with Crippen LogP contribution < -0.4 is 5.32 Å². The maximum absolute atomic E-state index is 12.5. The number of hydrogen-bond donors (Lipinski definition) is 1. The van der Waals surface area contributed by atoms with Crippen molar-refractivity contribution in [3.05, 3.63) is 80.5 Å². The van der Waals surface area contributed by atoms with Gasteiger partial charge in [-0.3, -0.25) is 9.48 Å². The van der Waals surface area contributed by atoms with E-state index in [0.717, 1.165) is 21.3 Å². The molecule has 2 aromatic carbocycles. The predicted molar refractivity (Wildman–Crippen MR) is 117 cm³/mol. The van der Waals surface area contributed by atoms with Crippen molar-refractivity contribution in [3.63, 3.8) is 0 Å². The molecular formula is C20H15BrCl2N4O2. The van der Waals surface area contributed by atoms with Gasteiger partial charge >= 0.3 is 0 Å². The number of amides is 1. The molecule has 4 rings (SSSR count). The summed E-state index contributed by atoms with van der Waals surface area (Å²) in [4.78, 5) is 17.8. The van der Waals surface area contributed by atoms with Crippen molar-refractivity contribution in [2.75, 3.05) is 5.32 Å². The van der Waals surface area contributed by atoms with Crippen LogP contribution in [0.2, 0.25) is 10.0 Å². The molecule has 3 aromatic rings. The lowest BCUT2D eigenvalue weighted by Crippen LogP contribution is -2.27. The number of hydrogen-bond acceptors (Lipinski definition) is 4. The Kier molecular flexibility index (Phi) is 5.89. The fourth-order valence-corrected chi connectivity index (χ4v) is 3.64. The van der Waals surface area contributed by atoms with E-state index in [1.54, 1.807) is 29.2 Å². The number of carbonyl (C=O) groups excluding carboxylic acids is 1. The number of nitrogens with one attached hydrogen (secondary N) is 1. The molecule has 1 amide bonds. The standard InChI is InChI=1S/C20H15BrCl2N4O2/c21-14-3-1-2-13(7-14)18-8-19(29-26-18)20(28)25-15-9-24-27(11-15)10-12-4-5-16(22)17(23)6-12/h1-7,9,11,19H,8,10H2,(H,25,28). The highest BCUT2D eigenvalue weighted by Crippen LogP contribution is 2.23. The van der Waals surface area contributed by atoms with Gasteiger partial charge in [-0.1, -0.05) is 62.5 Å². The number of rotatable bonds is 5. The first-order chi connectivity index (χ1) is 14.0. The first-order valence-electron chi connectivity index (χ1n) is 8.74. The molecule has 0 bridgehead atoms. The molecule has 1 aliphatic heterocycles. The Labute approximate surface area is 185 Å². The van der Waals surface area contributed by atoms with E-state index in [0.29, 0.717) is 28.7 Å². The molecule has 1 atom stereocenters. The Hall–Kier alpha value is -2.35. The van der Waals surface area contributed by atoms with E-state index in [1.165, 1.54) is 0 Å². The van der Waals surface area contributed by atoms with Crippen molar-refractivity contribution >= 4 is 56.4 Å². The molecule has 148 valence electrons. The van der Waals surface area contributed by atoms with Gasteiger partial charge in [0.2, 0.25) is 6.10 Å². The maximum Gasteiger partial charge on any atom is 0.268 e. The summed E-state index contributed by atoms with van der Waals surface area (Å²) in [6.45, 7) is 0.503. The van der Waals surface area contributed by atoms with Gasteiger partial charge in [0.15, 0.2) is 0 Å². The van der Waals surface area contributed by atoms with Crippen molar-refractivity contribution < 1.29 is 9.63 Å². The first-order valence-corrected chi connectivity index (χ1v) is 10.3. The molecule has 0 saturated heterocycles. The molecule has 29 heavy (non-hydrogen) atoms. The van der Waals surface area contributed by atoms with Gasteiger partial charge in [-0.25, -0.2) is 0 Å². The lowest BCUT2D eigenvalue weighted by molar-refractivity contribution is -0.125. The normalized spacial score (nSPS) is 15.7. The molecule has 9 heteroatoms. The van der Waals surface area contributed by atoms with E-state index < -0.39 is 6.10 Å². The number of aromatic nitrogens is 2. The van der Waals surface area contributed by atoms with Crippen LogP contribution in [-0.4, -0.2) is 27.5 Å². The number of oxime groups is 1. The zero-order valence-electron chi connectivity index (χ0n) is 15.0. The second kappa shape index (κ2) is 8.57. The van der Waals surface area contributed by atoms with E-state index in [1.807, 2.05) is 30.3 Å². The predicted octanol–water partition coefficient (Wildman–Crippen LogP) is 5.13. The van der Waals surface area contributed by atoms with E-state index in [2.05, 4.69) is 31.5 Å². The van der Waals surface area contributed by atoms with Crippen molar-refractivity contribution in [1.29, 1.82) is 0 Å². The van der Waals surface area contributed by atoms with E-state index in [9.17, 15) is 4.79 Å². The molecule has 1 N–H and O–H groups in total. The molecule has 2 heterocycles. The van der Waals surface area contributed by atoms with Gasteiger partial charge in [0.1, 0.15) is 0 Å². The molecular weight excluding hydrogens is 479 g/mol. The van der Waals surface area contributed by atoms with Gasteiger partial charge in [-0.2, -0.15) is 5.10 Å². The minimum Gasteiger partial charge on any atom is -0.382 e. The van der Waals surface area contributed by atoms with Crippen molar-refractivity contribution in [1.82, 2.24) is 9.78 Å². The Morgan fingerprint density at radius 1 is 1.24 bits per heavy atom. The third kappa shape index (κ3) is 4.80. The first kappa shape index (κ1) is 19.9. The van der Waals surface area contributed by atoms with Crippen LogP contribution in [0.25, 0.3) is 0 Å². The molecule has 1 aromatic heterocycles. The maximum atomic E-state index is 12.5. The van der Waals surface area contributed by atoms with Crippen LogP contribution in [0.1, 0.15) is 17.5 Å². The van der Waals surface area contributed by atoms with Gasteiger partial charge in [0.25, 0.3) is 5.91 Å². The Morgan fingerprint density at radius 3 is 2.90 bits per heavy atom. The van der Waals surface area contributed by atoms with E-state index >= 15 is 0 Å². The van der Waals surface area contributed by atoms with Crippen LogP contribution in [0.3, 0.4) is 0 Å². The molecule has 0 aliphatic carbocycles. The lowest BCUT2D eigenvalue weighted by atomic mass is 10.0. The number of halogens is 3. The van der Waals surface area contributed by atoms with Crippen LogP contribution in [0.15, 0.2) is 64.5 Å². The van der Waals surface area contributed by atoms with Crippen LogP contribution >= 0.6 is 39.1 Å². The Bertz CT molecular complexity index is 1100. The van der Waals surface area contributed by atoms with Gasteiger partial charge in [0.05, 0.1) is 34.2 Å². The highest BCUT2D eigenvalue weighted by molar-refractivity contribution is 9.10. The smallest absolute Gasteiger partial charge is 0.268 e. The second-order valence-corrected chi connectivity index (χ2v) is 8.24. The molecule has 0 spiro atoms. The largest absolute Gasteiger partial charge is 0.382 e. The summed E-state index contributed by atoms with van der Waals surface area (Å²) in [5, 5.41) is 12.1. The number of anilines is 1. The monoisotopic (exact) mass is 492 g/mol. The molecule has 0 saturated carbocycles. The third-order valence-electron chi connectivity index (χ3n) is 4.35. The summed E-state index contributed by atoms with van der Waals surface area (Å²) < 4.78 is 2.65. The van der Waals surface area contributed by atoms with Gasteiger partial charge in [0, 0.05) is 22.7 Å². The third-order valence-corrected chi connectivity index (χ3v) is 5.58. The van der Waals surface area contributed by atoms with Crippen LogP contribution in [0, 0.1) is 0 Å². The van der Waals surface area contributed by atoms with Crippen molar-refractivity contribution in [2.24, 2.45) is 5.16 Å². The fraction of sp³-hybridized carbons (Fsp3) is 0.150. The Balaban J connectivity index is 1.35. The summed E-state index contributed by atoms with van der Waals surface area (Å²) in [6.07, 6.45) is 3.05. The quantitative estimate of drug-likeness (QED) is 0.535. The SMILES string of the molecule is O=C(Nc1cnn(Cc2ccc(Cl)c(Cl)c2)c1)C1CC(c2cccc(Br)c2)=NO1. The lowest BCUT2D eigenvalue weighted by Gasteiger charge is -2.08. The minimum absolute atomic E-state index is 0.271. The van der Waals surface area contributed by atoms with Gasteiger partial charge in [-0.05, 0) is 29.8 Å². The summed E-state index contributed by atoms with van der Waals surface area (Å²) in [5.74, 6) is -0.271. The number of benzene rings is 2. The van der Waals surface area contributed by atoms with Crippen molar-refractivity contribution in [2.45, 2.75) is 19.1 Å². The molecule has 1 unspecified atom stereocenters. The summed E-state index contributed by atoms with van der Waals surface area (Å²) in [7, 11) is 0. The van der Waals surface area contributed by atoms with Gasteiger partial charge < -0.3 is 10.2 Å². The summed E-state index contributed by atoms with van der Waals surface area (Å²) in [5.41, 5.74) is 3.19. The van der Waals surface area contributed by atoms with E-state index in [-0.39, 0.29) is 5.91 Å². The molecule has 0 fully saturated rings. The Morgan fingerprint density at radius 2 is 2.10 bits per heavy atom. The van der Waals surface area contributed by atoms with Gasteiger partial charge in [-0.15, -0.1) is 0 Å². The zero-order chi connectivity index (χ0) is 20.4.